The molecule has 2 nitrogen and oxygen atoms in total. The molecule has 1 heterocycles. The van der Waals surface area contributed by atoms with Crippen molar-refractivity contribution >= 4 is 17.3 Å². The van der Waals surface area contributed by atoms with E-state index < -0.39 is 0 Å². The van der Waals surface area contributed by atoms with Crippen LogP contribution in [0.3, 0.4) is 0 Å². The monoisotopic (exact) mass is 221 g/mol. The van der Waals surface area contributed by atoms with Gasteiger partial charge in [0.25, 0.3) is 0 Å². The maximum atomic E-state index is 5.79. The second kappa shape index (κ2) is 4.41. The number of halogens is 1. The fourth-order valence-corrected chi connectivity index (χ4v) is 1.46. The van der Waals surface area contributed by atoms with Gasteiger partial charge in [0.1, 0.15) is 5.76 Å². The Morgan fingerprint density at radius 2 is 1.93 bits per heavy atom. The Balaban J connectivity index is 1.99. The summed E-state index contributed by atoms with van der Waals surface area (Å²) in [6.45, 7) is 2.73. The molecule has 0 aliphatic carbocycles. The van der Waals surface area contributed by atoms with Gasteiger partial charge in [-0.25, -0.2) is 0 Å². The first-order valence-electron chi connectivity index (χ1n) is 4.78. The standard InChI is InChI=1S/C12H12ClNO/c1-9-6-7-15-12(9)8-14-11-4-2-10(13)3-5-11/h2-7,14H,8H2,1H3. The van der Waals surface area contributed by atoms with Gasteiger partial charge < -0.3 is 9.73 Å². The van der Waals surface area contributed by atoms with E-state index in [4.69, 9.17) is 16.0 Å². The van der Waals surface area contributed by atoms with Crippen LogP contribution in [0.5, 0.6) is 0 Å². The highest BCUT2D eigenvalue weighted by molar-refractivity contribution is 6.30. The van der Waals surface area contributed by atoms with Crippen molar-refractivity contribution in [1.29, 1.82) is 0 Å². The molecule has 0 unspecified atom stereocenters. The Hall–Kier alpha value is -1.41. The minimum Gasteiger partial charge on any atom is -0.467 e. The van der Waals surface area contributed by atoms with Crippen LogP contribution < -0.4 is 5.32 Å². The molecule has 0 aliphatic rings. The summed E-state index contributed by atoms with van der Waals surface area (Å²) >= 11 is 5.79. The molecule has 2 rings (SSSR count). The fourth-order valence-electron chi connectivity index (χ4n) is 1.34. The number of hydrogen-bond donors (Lipinski definition) is 1. The molecule has 0 spiro atoms. The second-order valence-corrected chi connectivity index (χ2v) is 3.82. The van der Waals surface area contributed by atoms with Crippen molar-refractivity contribution in [3.63, 3.8) is 0 Å². The molecule has 1 aromatic heterocycles. The van der Waals surface area contributed by atoms with E-state index in [0.717, 1.165) is 22.0 Å². The molecule has 1 aromatic carbocycles. The summed E-state index contributed by atoms with van der Waals surface area (Å²) in [4.78, 5) is 0. The third-order valence-electron chi connectivity index (χ3n) is 2.27. The number of furan rings is 1. The Morgan fingerprint density at radius 1 is 1.20 bits per heavy atom. The number of anilines is 1. The Bertz CT molecular complexity index is 433. The summed E-state index contributed by atoms with van der Waals surface area (Å²) in [5.41, 5.74) is 2.20. The minimum absolute atomic E-state index is 0.695. The van der Waals surface area contributed by atoms with Crippen molar-refractivity contribution in [1.82, 2.24) is 0 Å². The summed E-state index contributed by atoms with van der Waals surface area (Å²) in [5, 5.41) is 4.01. The average Bonchev–Trinajstić information content (AvgIpc) is 2.63. The summed E-state index contributed by atoms with van der Waals surface area (Å²) in [5.74, 6) is 0.963. The van der Waals surface area contributed by atoms with Crippen molar-refractivity contribution in [3.05, 3.63) is 52.9 Å². The number of benzene rings is 1. The van der Waals surface area contributed by atoms with Crippen LogP contribution in [-0.2, 0) is 6.54 Å². The van der Waals surface area contributed by atoms with Gasteiger partial charge in [0.2, 0.25) is 0 Å². The molecule has 1 N–H and O–H groups in total. The van der Waals surface area contributed by atoms with Crippen LogP contribution in [0.1, 0.15) is 11.3 Å². The zero-order chi connectivity index (χ0) is 10.7. The predicted molar refractivity (Wildman–Crippen MR) is 62.2 cm³/mol. The van der Waals surface area contributed by atoms with Gasteiger partial charge in [-0.1, -0.05) is 11.6 Å². The highest BCUT2D eigenvalue weighted by Gasteiger charge is 2.00. The van der Waals surface area contributed by atoms with Gasteiger partial charge in [0.15, 0.2) is 0 Å². The van der Waals surface area contributed by atoms with Gasteiger partial charge in [-0.15, -0.1) is 0 Å². The van der Waals surface area contributed by atoms with Crippen LogP contribution in [0.2, 0.25) is 5.02 Å². The van der Waals surface area contributed by atoms with Crippen LogP contribution in [-0.4, -0.2) is 0 Å². The van der Waals surface area contributed by atoms with Crippen molar-refractivity contribution in [2.75, 3.05) is 5.32 Å². The van der Waals surface area contributed by atoms with E-state index in [0.29, 0.717) is 6.54 Å². The zero-order valence-electron chi connectivity index (χ0n) is 8.46. The van der Waals surface area contributed by atoms with Gasteiger partial charge in [-0.2, -0.15) is 0 Å². The number of hydrogen-bond acceptors (Lipinski definition) is 2. The molecule has 78 valence electrons. The molecule has 2 aromatic rings. The molecule has 0 bridgehead atoms. The van der Waals surface area contributed by atoms with Gasteiger partial charge in [-0.05, 0) is 42.8 Å². The Morgan fingerprint density at radius 3 is 2.53 bits per heavy atom. The molecule has 3 heteroatoms. The quantitative estimate of drug-likeness (QED) is 0.852. The highest BCUT2D eigenvalue weighted by Crippen LogP contribution is 2.15. The maximum absolute atomic E-state index is 5.79. The fraction of sp³-hybridized carbons (Fsp3) is 0.167. The van der Waals surface area contributed by atoms with E-state index in [9.17, 15) is 0 Å². The van der Waals surface area contributed by atoms with Crippen LogP contribution in [0, 0.1) is 6.92 Å². The van der Waals surface area contributed by atoms with E-state index in [1.165, 1.54) is 0 Å². The predicted octanol–water partition coefficient (Wildman–Crippen LogP) is 3.85. The Kier molecular flexibility index (Phi) is 2.97. The lowest BCUT2D eigenvalue weighted by molar-refractivity contribution is 0.515. The second-order valence-electron chi connectivity index (χ2n) is 3.39. The summed E-state index contributed by atoms with van der Waals surface area (Å²) in [7, 11) is 0. The lowest BCUT2D eigenvalue weighted by Gasteiger charge is -2.04. The topological polar surface area (TPSA) is 25.2 Å². The normalized spacial score (nSPS) is 10.3. The number of nitrogens with one attached hydrogen (secondary N) is 1. The molecule has 0 fully saturated rings. The minimum atomic E-state index is 0.695. The summed E-state index contributed by atoms with van der Waals surface area (Å²) in [6.07, 6.45) is 1.70. The Labute approximate surface area is 93.9 Å². The van der Waals surface area contributed by atoms with E-state index in [1.807, 2.05) is 37.3 Å². The van der Waals surface area contributed by atoms with Gasteiger partial charge in [0.05, 0.1) is 12.8 Å². The molecule has 0 aliphatic heterocycles. The van der Waals surface area contributed by atoms with Crippen LogP contribution in [0.15, 0.2) is 41.0 Å². The van der Waals surface area contributed by atoms with E-state index in [2.05, 4.69) is 5.32 Å². The van der Waals surface area contributed by atoms with Crippen LogP contribution in [0.4, 0.5) is 5.69 Å². The smallest absolute Gasteiger partial charge is 0.125 e. The SMILES string of the molecule is Cc1ccoc1CNc1ccc(Cl)cc1. The third kappa shape index (κ3) is 2.54. The summed E-state index contributed by atoms with van der Waals surface area (Å²) in [6, 6.07) is 9.57. The van der Waals surface area contributed by atoms with Crippen LogP contribution in [0.25, 0.3) is 0 Å². The van der Waals surface area contributed by atoms with Gasteiger partial charge in [0, 0.05) is 10.7 Å². The number of rotatable bonds is 3. The van der Waals surface area contributed by atoms with Crippen LogP contribution >= 0.6 is 11.6 Å². The largest absolute Gasteiger partial charge is 0.467 e. The first kappa shape index (κ1) is 10.1. The van der Waals surface area contributed by atoms with E-state index >= 15 is 0 Å². The first-order chi connectivity index (χ1) is 7.25. The van der Waals surface area contributed by atoms with Gasteiger partial charge in [-0.3, -0.25) is 0 Å². The van der Waals surface area contributed by atoms with Crippen molar-refractivity contribution in [2.45, 2.75) is 13.5 Å². The molecular weight excluding hydrogens is 210 g/mol. The molecular formula is C12H12ClNO. The molecule has 0 amide bonds. The number of aryl methyl sites for hydroxylation is 1. The molecule has 0 atom stereocenters. The lowest BCUT2D eigenvalue weighted by atomic mass is 10.2. The maximum Gasteiger partial charge on any atom is 0.125 e. The molecule has 15 heavy (non-hydrogen) atoms. The van der Waals surface area contributed by atoms with E-state index in [-0.39, 0.29) is 0 Å². The first-order valence-corrected chi connectivity index (χ1v) is 5.16. The molecule has 0 radical (unpaired) electrons. The summed E-state index contributed by atoms with van der Waals surface area (Å²) < 4.78 is 5.32. The van der Waals surface area contributed by atoms with E-state index in [1.54, 1.807) is 6.26 Å². The van der Waals surface area contributed by atoms with Crippen molar-refractivity contribution in [2.24, 2.45) is 0 Å². The lowest BCUT2D eigenvalue weighted by Crippen LogP contribution is -1.98. The average molecular weight is 222 g/mol. The third-order valence-corrected chi connectivity index (χ3v) is 2.52. The van der Waals surface area contributed by atoms with Gasteiger partial charge >= 0.3 is 0 Å². The highest BCUT2D eigenvalue weighted by atomic mass is 35.5. The molecule has 0 saturated carbocycles. The van der Waals surface area contributed by atoms with Crippen molar-refractivity contribution < 1.29 is 4.42 Å². The zero-order valence-corrected chi connectivity index (χ0v) is 9.21. The molecule has 0 saturated heterocycles. The van der Waals surface area contributed by atoms with Crippen molar-refractivity contribution in [3.8, 4) is 0 Å².